The number of carbonyl (C=O) groups excluding carboxylic acids is 1. The van der Waals surface area contributed by atoms with Crippen molar-refractivity contribution in [1.82, 2.24) is 5.32 Å². The molecule has 1 saturated heterocycles. The molecule has 1 unspecified atom stereocenters. The first-order valence-corrected chi connectivity index (χ1v) is 7.39. The van der Waals surface area contributed by atoms with Crippen LogP contribution in [0.15, 0.2) is 24.3 Å². The zero-order valence-corrected chi connectivity index (χ0v) is 12.2. The normalized spacial score (nSPS) is 33.2. The molecule has 1 aromatic rings. The Balaban J connectivity index is 1.81. The van der Waals surface area contributed by atoms with Gasteiger partial charge in [0.1, 0.15) is 18.0 Å². The number of benzene rings is 1. The van der Waals surface area contributed by atoms with Gasteiger partial charge in [-0.05, 0) is 50.8 Å². The average Bonchev–Trinajstić information content (AvgIpc) is 2.68. The van der Waals surface area contributed by atoms with E-state index in [-0.39, 0.29) is 12.0 Å². The monoisotopic (exact) mass is 295 g/mol. The lowest BCUT2D eigenvalue weighted by molar-refractivity contribution is -0.134. The third kappa shape index (κ3) is 2.50. The second kappa shape index (κ2) is 5.26. The Morgan fingerprint density at radius 3 is 3.00 bits per heavy atom. The van der Waals surface area contributed by atoms with Crippen molar-refractivity contribution in [3.63, 3.8) is 0 Å². The molecule has 1 amide bonds. The molecule has 4 nitrogen and oxygen atoms in total. The van der Waals surface area contributed by atoms with Crippen molar-refractivity contribution >= 4 is 17.5 Å². The molecule has 1 heterocycles. The van der Waals surface area contributed by atoms with Gasteiger partial charge >= 0.3 is 0 Å². The number of nitrogens with one attached hydrogen (secondary N) is 1. The Bertz CT molecular complexity index is 522. The lowest BCUT2D eigenvalue weighted by Crippen LogP contribution is -2.56. The summed E-state index contributed by atoms with van der Waals surface area (Å²) in [4.78, 5) is 11.8. The van der Waals surface area contributed by atoms with Crippen LogP contribution in [0.5, 0.6) is 5.75 Å². The molecule has 5 heteroatoms. The van der Waals surface area contributed by atoms with E-state index in [1.54, 1.807) is 19.1 Å². The minimum atomic E-state index is -0.683. The summed E-state index contributed by atoms with van der Waals surface area (Å²) in [5, 5.41) is 3.62. The number of amides is 1. The number of hydrogen-bond acceptors (Lipinski definition) is 3. The van der Waals surface area contributed by atoms with Gasteiger partial charge in [0.25, 0.3) is 5.91 Å². The summed E-state index contributed by atoms with van der Waals surface area (Å²) >= 11 is 5.98. The molecule has 1 aliphatic carbocycles. The molecule has 1 aromatic carbocycles. The molecule has 0 radical (unpaired) electrons. The van der Waals surface area contributed by atoms with Crippen LogP contribution < -0.4 is 10.1 Å². The first-order chi connectivity index (χ1) is 9.59. The molecule has 0 bridgehead atoms. The smallest absolute Gasteiger partial charge is 0.251 e. The van der Waals surface area contributed by atoms with Gasteiger partial charge in [-0.25, -0.2) is 0 Å². The van der Waals surface area contributed by atoms with Crippen molar-refractivity contribution in [2.45, 2.75) is 50.5 Å². The van der Waals surface area contributed by atoms with Crippen LogP contribution in [0.4, 0.5) is 0 Å². The quantitative estimate of drug-likeness (QED) is 0.912. The lowest BCUT2D eigenvalue weighted by atomic mass is 9.89. The molecule has 20 heavy (non-hydrogen) atoms. The van der Waals surface area contributed by atoms with Crippen LogP contribution in [0.3, 0.4) is 0 Å². The minimum absolute atomic E-state index is 0.0633. The van der Waals surface area contributed by atoms with Crippen molar-refractivity contribution in [3.8, 4) is 5.75 Å². The largest absolute Gasteiger partial charge is 0.485 e. The van der Waals surface area contributed by atoms with E-state index in [0.717, 1.165) is 25.7 Å². The van der Waals surface area contributed by atoms with E-state index in [9.17, 15) is 4.79 Å². The summed E-state index contributed by atoms with van der Waals surface area (Å²) in [6.45, 7) is 1.77. The van der Waals surface area contributed by atoms with E-state index in [0.29, 0.717) is 10.8 Å². The molecule has 3 atom stereocenters. The zero-order chi connectivity index (χ0) is 14.2. The van der Waals surface area contributed by atoms with Crippen molar-refractivity contribution < 1.29 is 14.3 Å². The van der Waals surface area contributed by atoms with Gasteiger partial charge in [-0.3, -0.25) is 4.79 Å². The Kier molecular flexibility index (Phi) is 3.61. The van der Waals surface area contributed by atoms with E-state index in [1.807, 2.05) is 12.1 Å². The highest BCUT2D eigenvalue weighted by atomic mass is 35.5. The van der Waals surface area contributed by atoms with Crippen LogP contribution in [0.25, 0.3) is 0 Å². The molecule has 1 spiro atoms. The van der Waals surface area contributed by atoms with E-state index in [2.05, 4.69) is 5.32 Å². The maximum absolute atomic E-state index is 11.8. The third-order valence-corrected chi connectivity index (χ3v) is 4.19. The van der Waals surface area contributed by atoms with E-state index in [1.165, 1.54) is 0 Å². The maximum Gasteiger partial charge on any atom is 0.251 e. The first kappa shape index (κ1) is 13.7. The van der Waals surface area contributed by atoms with Crippen LogP contribution in [-0.4, -0.2) is 23.8 Å². The van der Waals surface area contributed by atoms with Crippen LogP contribution in [0.2, 0.25) is 5.02 Å². The highest BCUT2D eigenvalue weighted by Gasteiger charge is 2.51. The minimum Gasteiger partial charge on any atom is -0.485 e. The van der Waals surface area contributed by atoms with Gasteiger partial charge in [0.05, 0.1) is 0 Å². The maximum atomic E-state index is 11.8. The van der Waals surface area contributed by atoms with Crippen LogP contribution in [0, 0.1) is 0 Å². The van der Waals surface area contributed by atoms with E-state index >= 15 is 0 Å². The molecular weight excluding hydrogens is 278 g/mol. The third-order valence-electron chi connectivity index (χ3n) is 3.95. The van der Waals surface area contributed by atoms with Gasteiger partial charge in [-0.1, -0.05) is 17.7 Å². The highest BCUT2D eigenvalue weighted by molar-refractivity contribution is 6.30. The standard InChI is InChI=1S/C15H18ClNO3/c1-10-14(18)17-15(20-10)8-3-2-7-13(15)19-12-6-4-5-11(16)9-12/h4-6,9-10,13H,2-3,7-8H2,1H3,(H,17,18)/t10-,13-,15?/m1/s1. The Morgan fingerprint density at radius 1 is 1.45 bits per heavy atom. The second-order valence-electron chi connectivity index (χ2n) is 5.45. The molecule has 0 aromatic heterocycles. The lowest BCUT2D eigenvalue weighted by Gasteiger charge is -2.39. The van der Waals surface area contributed by atoms with Gasteiger partial charge in [0.2, 0.25) is 0 Å². The van der Waals surface area contributed by atoms with Crippen LogP contribution >= 0.6 is 11.6 Å². The summed E-state index contributed by atoms with van der Waals surface area (Å²) in [7, 11) is 0. The van der Waals surface area contributed by atoms with Crippen molar-refractivity contribution in [3.05, 3.63) is 29.3 Å². The van der Waals surface area contributed by atoms with Crippen LogP contribution in [-0.2, 0) is 9.53 Å². The van der Waals surface area contributed by atoms with Gasteiger partial charge in [-0.15, -0.1) is 0 Å². The first-order valence-electron chi connectivity index (χ1n) is 7.01. The molecule has 108 valence electrons. The van der Waals surface area contributed by atoms with Gasteiger partial charge in [0, 0.05) is 5.02 Å². The van der Waals surface area contributed by atoms with E-state index in [4.69, 9.17) is 21.1 Å². The number of hydrogen-bond donors (Lipinski definition) is 1. The van der Waals surface area contributed by atoms with Gasteiger partial charge < -0.3 is 14.8 Å². The Labute approximate surface area is 123 Å². The fourth-order valence-electron chi connectivity index (χ4n) is 2.96. The van der Waals surface area contributed by atoms with E-state index < -0.39 is 11.8 Å². The molecule has 2 fully saturated rings. The van der Waals surface area contributed by atoms with Crippen molar-refractivity contribution in [2.75, 3.05) is 0 Å². The zero-order valence-electron chi connectivity index (χ0n) is 11.4. The predicted octanol–water partition coefficient (Wildman–Crippen LogP) is 2.89. The Morgan fingerprint density at radius 2 is 2.30 bits per heavy atom. The number of ether oxygens (including phenoxy) is 2. The fourth-order valence-corrected chi connectivity index (χ4v) is 3.14. The molecule has 1 N–H and O–H groups in total. The van der Waals surface area contributed by atoms with Gasteiger partial charge in [-0.2, -0.15) is 0 Å². The molecule has 3 rings (SSSR count). The Hall–Kier alpha value is -1.26. The highest BCUT2D eigenvalue weighted by Crippen LogP contribution is 2.37. The van der Waals surface area contributed by atoms with Gasteiger partial charge in [0.15, 0.2) is 5.72 Å². The fraction of sp³-hybridized carbons (Fsp3) is 0.533. The average molecular weight is 296 g/mol. The summed E-state index contributed by atoms with van der Waals surface area (Å²) in [5.74, 6) is 0.646. The number of halogens is 1. The van der Waals surface area contributed by atoms with Crippen molar-refractivity contribution in [1.29, 1.82) is 0 Å². The summed E-state index contributed by atoms with van der Waals surface area (Å²) in [6, 6.07) is 7.31. The summed E-state index contributed by atoms with van der Waals surface area (Å²) in [6.07, 6.45) is 3.15. The molecule has 1 saturated carbocycles. The van der Waals surface area contributed by atoms with Crippen molar-refractivity contribution in [2.24, 2.45) is 0 Å². The second-order valence-corrected chi connectivity index (χ2v) is 5.88. The predicted molar refractivity (Wildman–Crippen MR) is 75.8 cm³/mol. The summed E-state index contributed by atoms with van der Waals surface area (Å²) in [5.41, 5.74) is -0.683. The topological polar surface area (TPSA) is 47.6 Å². The number of rotatable bonds is 2. The molecule has 1 aliphatic heterocycles. The number of carbonyl (C=O) groups is 1. The molecule has 2 aliphatic rings. The summed E-state index contributed by atoms with van der Waals surface area (Å²) < 4.78 is 11.9. The molecular formula is C15H18ClNO3. The van der Waals surface area contributed by atoms with Crippen LogP contribution in [0.1, 0.15) is 32.6 Å². The SMILES string of the molecule is C[C@H]1OC2(CCCC[C@H]2Oc2cccc(Cl)c2)NC1=O.